The third-order valence-electron chi connectivity index (χ3n) is 0.144. The largest absolute Gasteiger partial charge is 0.544 e. The second kappa shape index (κ2) is 16.1. The van der Waals surface area contributed by atoms with Crippen LogP contribution < -0.4 is 0 Å². The van der Waals surface area contributed by atoms with Crippen molar-refractivity contribution in [2.24, 2.45) is 0 Å². The fourth-order valence-electron chi connectivity index (χ4n) is 0.0295. The number of hydrogen-bond acceptors (Lipinski definition) is 2. The van der Waals surface area contributed by atoms with Gasteiger partial charge in [0.25, 0.3) is 0 Å². The van der Waals surface area contributed by atoms with Crippen LogP contribution in [0.15, 0.2) is 0 Å². The van der Waals surface area contributed by atoms with Crippen molar-refractivity contribution in [1.29, 1.82) is 0 Å². The van der Waals surface area contributed by atoms with E-state index >= 15 is 0 Å². The number of rotatable bonds is 2. The molecule has 0 aliphatic carbocycles. The summed E-state index contributed by atoms with van der Waals surface area (Å²) in [4.78, 5) is 18.0. The molecule has 0 spiro atoms. The number of hydrogen-bond donors (Lipinski definition) is 0. The minimum Gasteiger partial charge on any atom is -0.544 e. The van der Waals surface area contributed by atoms with E-state index in [0.717, 1.165) is 0 Å². The van der Waals surface area contributed by atoms with Crippen LogP contribution in [-0.2, 0) is 42.3 Å². The topological polar surface area (TPSA) is 34.1 Å². The van der Waals surface area contributed by atoms with Gasteiger partial charge in [-0.3, -0.25) is 19.0 Å². The Morgan fingerprint density at radius 1 is 1.14 bits per heavy atom. The first kappa shape index (κ1) is 15.7. The van der Waals surface area contributed by atoms with Crippen LogP contribution >= 0.6 is 0 Å². The zero-order chi connectivity index (χ0) is 4.12. The second-order valence-electron chi connectivity index (χ2n) is 0.465. The summed E-state index contributed by atoms with van der Waals surface area (Å²) in [5, 5.41) is 0. The molecule has 0 aromatic carbocycles. The summed E-state index contributed by atoms with van der Waals surface area (Å²) in [6.45, 7) is 0. The Hall–Kier alpha value is 0.444. The van der Waals surface area contributed by atoms with Gasteiger partial charge in [0.2, 0.25) is 0 Å². The molecule has 0 saturated heterocycles. The molecule has 2 nitrogen and oxygen atoms in total. The zero-order valence-corrected chi connectivity index (χ0v) is 6.94. The first-order chi connectivity index (χ1) is 2.41. The SMILES string of the molecule is O=[C-]C[C-]=O.[CH3-].[Y]. The molecule has 3 heteroatoms. The van der Waals surface area contributed by atoms with Crippen LogP contribution in [0, 0.1) is 7.43 Å². The molecule has 0 aliphatic heterocycles. The van der Waals surface area contributed by atoms with Gasteiger partial charge in [-0.15, -0.1) is 0 Å². The smallest absolute Gasteiger partial charge is 0 e. The summed E-state index contributed by atoms with van der Waals surface area (Å²) >= 11 is 0. The van der Waals surface area contributed by atoms with E-state index in [1.807, 2.05) is 0 Å². The second-order valence-corrected chi connectivity index (χ2v) is 0.465. The van der Waals surface area contributed by atoms with E-state index in [2.05, 4.69) is 0 Å². The molecule has 0 saturated carbocycles. The van der Waals surface area contributed by atoms with Crippen molar-refractivity contribution in [3.8, 4) is 0 Å². The molecule has 0 bridgehead atoms. The van der Waals surface area contributed by atoms with Gasteiger partial charge in [-0.2, -0.15) is 0 Å². The van der Waals surface area contributed by atoms with E-state index < -0.39 is 0 Å². The molecule has 0 heterocycles. The van der Waals surface area contributed by atoms with E-state index in [-0.39, 0.29) is 46.6 Å². The Labute approximate surface area is 68.5 Å². The maximum atomic E-state index is 9.02. The fourth-order valence-corrected chi connectivity index (χ4v) is 0.0295. The quantitative estimate of drug-likeness (QED) is 0.437. The molecule has 0 N–H and O–H groups in total. The van der Waals surface area contributed by atoms with Gasteiger partial charge in [0.15, 0.2) is 0 Å². The molecule has 39 valence electrons. The molecule has 0 fully saturated rings. The van der Waals surface area contributed by atoms with Crippen LogP contribution in [0.5, 0.6) is 0 Å². The molecular weight excluding hydrogens is 169 g/mol. The summed E-state index contributed by atoms with van der Waals surface area (Å²) in [5.74, 6) is 0. The normalized spacial score (nSPS) is 4.57. The van der Waals surface area contributed by atoms with Gasteiger partial charge < -0.3 is 17.0 Å². The Morgan fingerprint density at radius 3 is 1.43 bits per heavy atom. The van der Waals surface area contributed by atoms with Crippen molar-refractivity contribution in [1.82, 2.24) is 0 Å². The fraction of sp³-hybridized carbons (Fsp3) is 0.250. The summed E-state index contributed by atoms with van der Waals surface area (Å²) in [5.41, 5.74) is 0. The predicted octanol–water partition coefficient (Wildman–Crippen LogP) is 0.0437. The van der Waals surface area contributed by atoms with Gasteiger partial charge >= 0.3 is 0 Å². The summed E-state index contributed by atoms with van der Waals surface area (Å²) in [6.07, 6.45) is 2.47. The van der Waals surface area contributed by atoms with E-state index in [1.165, 1.54) is 12.6 Å². The van der Waals surface area contributed by atoms with Gasteiger partial charge in [-0.25, -0.2) is 0 Å². The maximum Gasteiger partial charge on any atom is 0 e. The van der Waals surface area contributed by atoms with Gasteiger partial charge in [0.05, 0.1) is 0 Å². The minimum atomic E-state index is -0.222. The van der Waals surface area contributed by atoms with Crippen LogP contribution in [0.3, 0.4) is 0 Å². The van der Waals surface area contributed by atoms with Crippen molar-refractivity contribution in [3.63, 3.8) is 0 Å². The van der Waals surface area contributed by atoms with Crippen molar-refractivity contribution < 1.29 is 42.3 Å². The van der Waals surface area contributed by atoms with Crippen LogP contribution in [-0.4, -0.2) is 12.6 Å². The van der Waals surface area contributed by atoms with E-state index in [1.54, 1.807) is 0 Å². The Bertz CT molecular complexity index is 39.0. The van der Waals surface area contributed by atoms with E-state index in [4.69, 9.17) is 9.59 Å². The van der Waals surface area contributed by atoms with E-state index in [9.17, 15) is 0 Å². The standard InChI is InChI=1S/C3H2O2.CH3.Y/c4-2-1-3-5;;/h1H2;1H3;/q-2;-1;. The van der Waals surface area contributed by atoms with Crippen molar-refractivity contribution in [2.75, 3.05) is 0 Å². The first-order valence-electron chi connectivity index (χ1n) is 1.12. The van der Waals surface area contributed by atoms with Crippen molar-refractivity contribution in [3.05, 3.63) is 7.43 Å². The van der Waals surface area contributed by atoms with Gasteiger partial charge in [0.1, 0.15) is 0 Å². The minimum absolute atomic E-state index is 0. The average molecular weight is 174 g/mol. The Kier molecular flexibility index (Phi) is 36.0. The van der Waals surface area contributed by atoms with Gasteiger partial charge in [-0.05, 0) is 0 Å². The molecule has 0 atom stereocenters. The first-order valence-corrected chi connectivity index (χ1v) is 1.12. The molecular formula is C4H5O2Y-3. The van der Waals surface area contributed by atoms with Crippen molar-refractivity contribution >= 4 is 12.6 Å². The molecule has 0 aromatic heterocycles. The zero-order valence-electron chi connectivity index (χ0n) is 4.10. The van der Waals surface area contributed by atoms with Gasteiger partial charge in [0, 0.05) is 32.7 Å². The molecule has 1 radical (unpaired) electrons. The Morgan fingerprint density at radius 2 is 1.43 bits per heavy atom. The Balaban J connectivity index is -0.0000000800. The van der Waals surface area contributed by atoms with Crippen LogP contribution in [0.4, 0.5) is 0 Å². The summed E-state index contributed by atoms with van der Waals surface area (Å²) < 4.78 is 0. The maximum absolute atomic E-state index is 9.02. The third kappa shape index (κ3) is 21.3. The summed E-state index contributed by atoms with van der Waals surface area (Å²) in [6, 6.07) is 0. The molecule has 0 aliphatic rings. The number of carbonyl (C=O) groups excluding carboxylic acids is 2. The van der Waals surface area contributed by atoms with Crippen molar-refractivity contribution in [2.45, 2.75) is 6.42 Å². The van der Waals surface area contributed by atoms with Crippen LogP contribution in [0.2, 0.25) is 0 Å². The molecule has 0 unspecified atom stereocenters. The summed E-state index contributed by atoms with van der Waals surface area (Å²) in [7, 11) is 0. The van der Waals surface area contributed by atoms with E-state index in [0.29, 0.717) is 0 Å². The van der Waals surface area contributed by atoms with Crippen LogP contribution in [0.25, 0.3) is 0 Å². The molecule has 0 amide bonds. The molecule has 0 rings (SSSR count). The van der Waals surface area contributed by atoms with Gasteiger partial charge in [-0.1, -0.05) is 0 Å². The molecule has 7 heavy (non-hydrogen) atoms. The van der Waals surface area contributed by atoms with Crippen LogP contribution in [0.1, 0.15) is 6.42 Å². The average Bonchev–Trinajstić information content (AvgIpc) is 1.41. The third-order valence-corrected chi connectivity index (χ3v) is 0.144. The predicted molar refractivity (Wildman–Crippen MR) is 22.4 cm³/mol. The monoisotopic (exact) mass is 174 g/mol. The molecule has 0 aromatic rings.